The van der Waals surface area contributed by atoms with Crippen molar-refractivity contribution in [2.45, 2.75) is 26.2 Å². The van der Waals surface area contributed by atoms with Gasteiger partial charge in [-0.1, -0.05) is 0 Å². The molecule has 0 spiro atoms. The summed E-state index contributed by atoms with van der Waals surface area (Å²) in [6.07, 6.45) is 4.93. The molecule has 1 aromatic carbocycles. The molecule has 0 unspecified atom stereocenters. The third-order valence-electron chi connectivity index (χ3n) is 6.46. The van der Waals surface area contributed by atoms with Gasteiger partial charge in [-0.05, 0) is 50.1 Å². The van der Waals surface area contributed by atoms with Crippen LogP contribution in [0.25, 0.3) is 20.8 Å². The van der Waals surface area contributed by atoms with Crippen LogP contribution >= 0.6 is 11.3 Å². The van der Waals surface area contributed by atoms with E-state index in [9.17, 15) is 4.79 Å². The van der Waals surface area contributed by atoms with Gasteiger partial charge >= 0.3 is 0 Å². The van der Waals surface area contributed by atoms with Crippen molar-refractivity contribution in [2.75, 3.05) is 62.3 Å². The lowest BCUT2D eigenvalue weighted by molar-refractivity contribution is -0.132. The van der Waals surface area contributed by atoms with Crippen LogP contribution in [0, 0.1) is 0 Å². The molecule has 4 heterocycles. The Labute approximate surface area is 199 Å². The van der Waals surface area contributed by atoms with Gasteiger partial charge in [-0.25, -0.2) is 9.97 Å². The smallest absolute Gasteiger partial charge is 0.225 e. The fraction of sp³-hybridized carbons (Fsp3) is 0.480. The zero-order valence-corrected chi connectivity index (χ0v) is 20.0. The van der Waals surface area contributed by atoms with Crippen molar-refractivity contribution in [2.24, 2.45) is 0 Å². The number of pyridine rings is 1. The van der Waals surface area contributed by atoms with Crippen molar-refractivity contribution in [1.82, 2.24) is 14.9 Å². The van der Waals surface area contributed by atoms with E-state index in [1.54, 1.807) is 11.3 Å². The van der Waals surface area contributed by atoms with E-state index in [1.165, 1.54) is 23.2 Å². The lowest BCUT2D eigenvalue weighted by Gasteiger charge is -2.36. The van der Waals surface area contributed by atoms with Gasteiger partial charge in [-0.3, -0.25) is 4.79 Å². The van der Waals surface area contributed by atoms with E-state index in [4.69, 9.17) is 9.72 Å². The highest BCUT2D eigenvalue weighted by Gasteiger charge is 2.21. The number of nitrogens with zero attached hydrogens (tertiary/aromatic N) is 5. The number of benzene rings is 1. The van der Waals surface area contributed by atoms with Crippen LogP contribution in [-0.2, 0) is 9.53 Å². The van der Waals surface area contributed by atoms with Gasteiger partial charge in [0.2, 0.25) is 5.91 Å². The molecule has 0 bridgehead atoms. The molecular formula is C25H31N5O2S. The quantitative estimate of drug-likeness (QED) is 0.491. The largest absolute Gasteiger partial charge is 0.381 e. The average molecular weight is 466 g/mol. The van der Waals surface area contributed by atoms with Gasteiger partial charge in [0, 0.05) is 63.3 Å². The lowest BCUT2D eigenvalue weighted by Crippen LogP contribution is -2.49. The summed E-state index contributed by atoms with van der Waals surface area (Å²) in [7, 11) is 0. The molecule has 2 saturated heterocycles. The van der Waals surface area contributed by atoms with Gasteiger partial charge in [-0.2, -0.15) is 0 Å². The molecule has 33 heavy (non-hydrogen) atoms. The van der Waals surface area contributed by atoms with Crippen LogP contribution in [0.2, 0.25) is 0 Å². The maximum Gasteiger partial charge on any atom is 0.225 e. The monoisotopic (exact) mass is 465 g/mol. The van der Waals surface area contributed by atoms with Gasteiger partial charge < -0.3 is 19.4 Å². The summed E-state index contributed by atoms with van der Waals surface area (Å²) in [5.41, 5.74) is 3.29. The third kappa shape index (κ3) is 4.96. The maximum absolute atomic E-state index is 12.3. The number of piperazine rings is 1. The number of aromatic nitrogens is 2. The second kappa shape index (κ2) is 10.1. The summed E-state index contributed by atoms with van der Waals surface area (Å²) in [5.74, 6) is 1.25. The highest BCUT2D eigenvalue weighted by Crippen LogP contribution is 2.33. The van der Waals surface area contributed by atoms with Crippen LogP contribution in [-0.4, -0.2) is 73.3 Å². The Bertz CT molecular complexity index is 1090. The Kier molecular flexibility index (Phi) is 6.73. The first-order valence-corrected chi connectivity index (χ1v) is 12.8. The Hall–Kier alpha value is -2.71. The van der Waals surface area contributed by atoms with E-state index in [2.05, 4.69) is 45.1 Å². The van der Waals surface area contributed by atoms with E-state index in [0.29, 0.717) is 19.6 Å². The second-order valence-electron chi connectivity index (χ2n) is 8.59. The molecule has 174 valence electrons. The molecule has 0 N–H and O–H groups in total. The van der Waals surface area contributed by atoms with Crippen molar-refractivity contribution in [3.05, 3.63) is 36.5 Å². The zero-order valence-electron chi connectivity index (χ0n) is 19.2. The number of anilines is 2. The van der Waals surface area contributed by atoms with Crippen LogP contribution in [0.15, 0.2) is 36.5 Å². The molecule has 5 rings (SSSR count). The van der Waals surface area contributed by atoms with Gasteiger partial charge in [0.05, 0.1) is 23.2 Å². The predicted molar refractivity (Wildman–Crippen MR) is 134 cm³/mol. The predicted octanol–water partition coefficient (Wildman–Crippen LogP) is 4.03. The maximum atomic E-state index is 12.3. The standard InChI is InChI=1S/C25H31N5O2S/c1-2-32-16-9-24(31)30-14-12-28(13-15-30)20-6-7-21-22(17-20)33-25(27-21)19-5-8-23(26-18-19)29-10-3-4-11-29/h5-8,17-18H,2-4,9-16H2,1H3. The first kappa shape index (κ1) is 22.1. The Balaban J connectivity index is 1.24. The van der Waals surface area contributed by atoms with E-state index in [1.807, 2.05) is 18.0 Å². The third-order valence-corrected chi connectivity index (χ3v) is 7.53. The molecule has 2 aliphatic heterocycles. The summed E-state index contributed by atoms with van der Waals surface area (Å²) in [4.78, 5) is 28.5. The molecule has 0 atom stereocenters. The van der Waals surface area contributed by atoms with Crippen molar-refractivity contribution in [1.29, 1.82) is 0 Å². The molecule has 2 fully saturated rings. The number of hydrogen-bond donors (Lipinski definition) is 0. The molecule has 8 heteroatoms. The zero-order chi connectivity index (χ0) is 22.6. The summed E-state index contributed by atoms with van der Waals surface area (Å²) in [5, 5.41) is 1.01. The summed E-state index contributed by atoms with van der Waals surface area (Å²) in [6.45, 7) is 8.53. The average Bonchev–Trinajstić information content (AvgIpc) is 3.54. The van der Waals surface area contributed by atoms with Crippen LogP contribution in [0.4, 0.5) is 11.5 Å². The molecule has 0 saturated carbocycles. The van der Waals surface area contributed by atoms with Crippen LogP contribution < -0.4 is 9.80 Å². The number of carbonyl (C=O) groups excluding carboxylic acids is 1. The fourth-order valence-corrected chi connectivity index (χ4v) is 5.54. The van der Waals surface area contributed by atoms with E-state index < -0.39 is 0 Å². The highest BCUT2D eigenvalue weighted by molar-refractivity contribution is 7.21. The molecule has 3 aromatic rings. The summed E-state index contributed by atoms with van der Waals surface area (Å²) in [6, 6.07) is 10.7. The van der Waals surface area contributed by atoms with Gasteiger partial charge in [0.15, 0.2) is 0 Å². The number of carbonyl (C=O) groups is 1. The summed E-state index contributed by atoms with van der Waals surface area (Å²) >= 11 is 1.71. The normalized spacial score (nSPS) is 16.7. The highest BCUT2D eigenvalue weighted by atomic mass is 32.1. The SMILES string of the molecule is CCOCCC(=O)N1CCN(c2ccc3nc(-c4ccc(N5CCCC5)nc4)sc3c2)CC1. The molecule has 2 aromatic heterocycles. The molecular weight excluding hydrogens is 434 g/mol. The fourth-order valence-electron chi connectivity index (χ4n) is 4.56. The van der Waals surface area contributed by atoms with Crippen molar-refractivity contribution in [3.63, 3.8) is 0 Å². The Morgan fingerprint density at radius 1 is 1.03 bits per heavy atom. The molecule has 0 aliphatic carbocycles. The number of rotatable bonds is 7. The van der Waals surface area contributed by atoms with Gasteiger partial charge in [-0.15, -0.1) is 11.3 Å². The van der Waals surface area contributed by atoms with Crippen LogP contribution in [0.5, 0.6) is 0 Å². The van der Waals surface area contributed by atoms with Crippen molar-refractivity contribution < 1.29 is 9.53 Å². The molecule has 0 radical (unpaired) electrons. The molecule has 2 aliphatic rings. The van der Waals surface area contributed by atoms with Crippen molar-refractivity contribution in [3.8, 4) is 10.6 Å². The van der Waals surface area contributed by atoms with Crippen LogP contribution in [0.1, 0.15) is 26.2 Å². The topological polar surface area (TPSA) is 61.8 Å². The van der Waals surface area contributed by atoms with Gasteiger partial charge in [0.1, 0.15) is 10.8 Å². The number of amides is 1. The minimum Gasteiger partial charge on any atom is -0.381 e. The van der Waals surface area contributed by atoms with E-state index in [0.717, 1.165) is 61.2 Å². The second-order valence-corrected chi connectivity index (χ2v) is 9.62. The number of thiazole rings is 1. The first-order valence-electron chi connectivity index (χ1n) is 11.9. The van der Waals surface area contributed by atoms with E-state index >= 15 is 0 Å². The van der Waals surface area contributed by atoms with Crippen LogP contribution in [0.3, 0.4) is 0 Å². The molecule has 1 amide bonds. The minimum absolute atomic E-state index is 0.190. The number of hydrogen-bond acceptors (Lipinski definition) is 7. The Morgan fingerprint density at radius 3 is 2.58 bits per heavy atom. The Morgan fingerprint density at radius 2 is 1.85 bits per heavy atom. The lowest BCUT2D eigenvalue weighted by atomic mass is 10.2. The van der Waals surface area contributed by atoms with Crippen molar-refractivity contribution >= 4 is 39.0 Å². The number of ether oxygens (including phenoxy) is 1. The first-order chi connectivity index (χ1) is 16.2. The minimum atomic E-state index is 0.190. The number of fused-ring (bicyclic) bond motifs is 1. The molecule has 7 nitrogen and oxygen atoms in total. The summed E-state index contributed by atoms with van der Waals surface area (Å²) < 4.78 is 6.50. The van der Waals surface area contributed by atoms with E-state index in [-0.39, 0.29) is 5.91 Å². The van der Waals surface area contributed by atoms with Gasteiger partial charge in [0.25, 0.3) is 0 Å².